The molecule has 0 aliphatic heterocycles. The van der Waals surface area contributed by atoms with Crippen LogP contribution in [0.4, 0.5) is 5.69 Å². The summed E-state index contributed by atoms with van der Waals surface area (Å²) < 4.78 is 6.60. The van der Waals surface area contributed by atoms with Crippen LogP contribution in [0.15, 0.2) is 58.2 Å². The van der Waals surface area contributed by atoms with Crippen molar-refractivity contribution in [3.63, 3.8) is 0 Å². The average molecular weight is 465 g/mol. The molecule has 0 atom stereocenters. The highest BCUT2D eigenvalue weighted by Crippen LogP contribution is 2.20. The Labute approximate surface area is 163 Å². The predicted molar refractivity (Wildman–Crippen MR) is 107 cm³/mol. The van der Waals surface area contributed by atoms with E-state index >= 15 is 0 Å². The quantitative estimate of drug-likeness (QED) is 0.434. The fourth-order valence-corrected chi connectivity index (χ4v) is 3.23. The van der Waals surface area contributed by atoms with E-state index in [2.05, 4.69) is 50.2 Å². The van der Waals surface area contributed by atoms with E-state index in [0.717, 1.165) is 14.8 Å². The topological polar surface area (TPSA) is 68.0 Å². The van der Waals surface area contributed by atoms with Crippen molar-refractivity contribution in [3.05, 3.63) is 69.1 Å². The lowest BCUT2D eigenvalue weighted by molar-refractivity contribution is -0.113. The average Bonchev–Trinajstić information content (AvgIpc) is 3.05. The lowest BCUT2D eigenvalue weighted by Gasteiger charge is -2.05. The Morgan fingerprint density at radius 3 is 2.68 bits per heavy atom. The Morgan fingerprint density at radius 2 is 1.92 bits per heavy atom. The number of hydrogen-bond acceptors (Lipinski definition) is 5. The van der Waals surface area contributed by atoms with Crippen LogP contribution in [0.1, 0.15) is 17.0 Å². The number of amides is 1. The minimum absolute atomic E-state index is 0.104. The van der Waals surface area contributed by atoms with Gasteiger partial charge in [0.25, 0.3) is 5.22 Å². The molecular formula is C18H16IN3O2S. The molecule has 1 aromatic heterocycles. The van der Waals surface area contributed by atoms with Gasteiger partial charge < -0.3 is 9.73 Å². The zero-order valence-corrected chi connectivity index (χ0v) is 16.5. The number of nitrogens with one attached hydrogen (secondary N) is 1. The molecule has 0 unspecified atom stereocenters. The van der Waals surface area contributed by atoms with Gasteiger partial charge in [0, 0.05) is 3.57 Å². The third-order valence-electron chi connectivity index (χ3n) is 3.40. The summed E-state index contributed by atoms with van der Waals surface area (Å²) in [6.45, 7) is 2.05. The van der Waals surface area contributed by atoms with Crippen molar-refractivity contribution in [2.24, 2.45) is 0 Å². The predicted octanol–water partition coefficient (Wildman–Crippen LogP) is 4.30. The van der Waals surface area contributed by atoms with E-state index in [1.807, 2.05) is 43.3 Å². The first-order chi connectivity index (χ1) is 12.1. The summed E-state index contributed by atoms with van der Waals surface area (Å²) in [5, 5.41) is 11.3. The first-order valence-electron chi connectivity index (χ1n) is 7.65. The normalized spacial score (nSPS) is 10.6. The van der Waals surface area contributed by atoms with Crippen LogP contribution >= 0.6 is 34.4 Å². The van der Waals surface area contributed by atoms with Crippen LogP contribution in [0, 0.1) is 10.5 Å². The Hall–Kier alpha value is -1.87. The van der Waals surface area contributed by atoms with E-state index in [9.17, 15) is 4.79 Å². The smallest absolute Gasteiger partial charge is 0.277 e. The monoisotopic (exact) mass is 465 g/mol. The van der Waals surface area contributed by atoms with Crippen LogP contribution in [0.5, 0.6) is 0 Å². The zero-order chi connectivity index (χ0) is 17.6. The molecule has 5 nitrogen and oxygen atoms in total. The fourth-order valence-electron chi connectivity index (χ4n) is 2.12. The first-order valence-corrected chi connectivity index (χ1v) is 9.72. The fraction of sp³-hybridized carbons (Fsp3) is 0.167. The number of benzene rings is 2. The van der Waals surface area contributed by atoms with Crippen LogP contribution in [0.25, 0.3) is 0 Å². The molecule has 1 heterocycles. The molecule has 7 heteroatoms. The second kappa shape index (κ2) is 8.48. The summed E-state index contributed by atoms with van der Waals surface area (Å²) in [6, 6.07) is 15.8. The molecule has 0 radical (unpaired) electrons. The van der Waals surface area contributed by atoms with Gasteiger partial charge >= 0.3 is 0 Å². The van der Waals surface area contributed by atoms with Gasteiger partial charge in [-0.15, -0.1) is 10.2 Å². The van der Waals surface area contributed by atoms with Crippen LogP contribution in [-0.4, -0.2) is 21.9 Å². The van der Waals surface area contributed by atoms with Crippen molar-refractivity contribution in [2.75, 3.05) is 11.1 Å². The maximum Gasteiger partial charge on any atom is 0.277 e. The molecule has 3 aromatic rings. The zero-order valence-electron chi connectivity index (χ0n) is 13.5. The van der Waals surface area contributed by atoms with Crippen molar-refractivity contribution in [1.82, 2.24) is 10.2 Å². The van der Waals surface area contributed by atoms with Gasteiger partial charge in [-0.05, 0) is 47.2 Å². The molecular weight excluding hydrogens is 449 g/mol. The van der Waals surface area contributed by atoms with E-state index in [4.69, 9.17) is 4.42 Å². The second-order valence-corrected chi connectivity index (χ2v) is 7.53. The lowest BCUT2D eigenvalue weighted by atomic mass is 10.1. The number of rotatable bonds is 6. The Kier molecular flexibility index (Phi) is 6.09. The SMILES string of the molecule is Cc1ccc(Cc2nnc(SCC(=O)Nc3ccccc3I)o2)cc1. The van der Waals surface area contributed by atoms with Gasteiger partial charge in [-0.3, -0.25) is 4.79 Å². The molecule has 0 aliphatic rings. The van der Waals surface area contributed by atoms with Crippen LogP contribution < -0.4 is 5.32 Å². The largest absolute Gasteiger partial charge is 0.416 e. The molecule has 0 saturated heterocycles. The van der Waals surface area contributed by atoms with Crippen molar-refractivity contribution in [3.8, 4) is 0 Å². The van der Waals surface area contributed by atoms with E-state index in [-0.39, 0.29) is 11.7 Å². The van der Waals surface area contributed by atoms with Crippen LogP contribution in [0.2, 0.25) is 0 Å². The third-order valence-corrected chi connectivity index (χ3v) is 5.16. The standard InChI is InChI=1S/C18H16IN3O2S/c1-12-6-8-13(9-7-12)10-17-21-22-18(24-17)25-11-16(23)20-15-5-3-2-4-14(15)19/h2-9H,10-11H2,1H3,(H,20,23). The van der Waals surface area contributed by atoms with Gasteiger partial charge in [-0.2, -0.15) is 0 Å². The Bertz CT molecular complexity index is 865. The highest BCUT2D eigenvalue weighted by atomic mass is 127. The van der Waals surface area contributed by atoms with Gasteiger partial charge in [-0.1, -0.05) is 53.7 Å². The summed E-state index contributed by atoms with van der Waals surface area (Å²) >= 11 is 3.42. The maximum atomic E-state index is 12.0. The molecule has 25 heavy (non-hydrogen) atoms. The van der Waals surface area contributed by atoms with Crippen molar-refractivity contribution in [1.29, 1.82) is 0 Å². The van der Waals surface area contributed by atoms with E-state index < -0.39 is 0 Å². The second-order valence-electron chi connectivity index (χ2n) is 5.44. The highest BCUT2D eigenvalue weighted by molar-refractivity contribution is 14.1. The molecule has 0 fully saturated rings. The highest BCUT2D eigenvalue weighted by Gasteiger charge is 2.11. The first kappa shape index (κ1) is 17.9. The number of nitrogens with zero attached hydrogens (tertiary/aromatic N) is 2. The Balaban J connectivity index is 1.52. The summed E-state index contributed by atoms with van der Waals surface area (Å²) in [5.41, 5.74) is 3.13. The molecule has 3 rings (SSSR count). The van der Waals surface area contributed by atoms with Crippen molar-refractivity contribution in [2.45, 2.75) is 18.6 Å². The molecule has 1 amide bonds. The van der Waals surface area contributed by atoms with Gasteiger partial charge in [-0.25, -0.2) is 0 Å². The number of aromatic nitrogens is 2. The number of para-hydroxylation sites is 1. The van der Waals surface area contributed by atoms with Gasteiger partial charge in [0.1, 0.15) is 0 Å². The number of carbonyl (C=O) groups is 1. The van der Waals surface area contributed by atoms with Crippen molar-refractivity contribution < 1.29 is 9.21 Å². The van der Waals surface area contributed by atoms with Crippen LogP contribution in [0.3, 0.4) is 0 Å². The molecule has 2 aromatic carbocycles. The van der Waals surface area contributed by atoms with Gasteiger partial charge in [0.2, 0.25) is 11.8 Å². The lowest BCUT2D eigenvalue weighted by Crippen LogP contribution is -2.14. The summed E-state index contributed by atoms with van der Waals surface area (Å²) in [6.07, 6.45) is 0.586. The van der Waals surface area contributed by atoms with E-state index in [1.165, 1.54) is 17.3 Å². The van der Waals surface area contributed by atoms with Gasteiger partial charge in [0.15, 0.2) is 0 Å². The summed E-state index contributed by atoms with van der Waals surface area (Å²) in [7, 11) is 0. The molecule has 0 saturated carbocycles. The number of thioether (sulfide) groups is 1. The Morgan fingerprint density at radius 1 is 1.16 bits per heavy atom. The third kappa shape index (κ3) is 5.30. The molecule has 128 valence electrons. The van der Waals surface area contributed by atoms with Crippen LogP contribution in [-0.2, 0) is 11.2 Å². The summed E-state index contributed by atoms with van der Waals surface area (Å²) in [4.78, 5) is 12.0. The number of halogens is 1. The molecule has 1 N–H and O–H groups in total. The molecule has 0 spiro atoms. The van der Waals surface area contributed by atoms with Gasteiger partial charge in [0.05, 0.1) is 17.9 Å². The molecule has 0 aliphatic carbocycles. The minimum atomic E-state index is -0.104. The number of anilines is 1. The minimum Gasteiger partial charge on any atom is -0.416 e. The number of carbonyl (C=O) groups excluding carboxylic acids is 1. The van der Waals surface area contributed by atoms with E-state index in [1.54, 1.807) is 0 Å². The van der Waals surface area contributed by atoms with E-state index in [0.29, 0.717) is 17.5 Å². The number of hydrogen-bond donors (Lipinski definition) is 1. The summed E-state index contributed by atoms with van der Waals surface area (Å²) in [5.74, 6) is 0.661. The number of aryl methyl sites for hydroxylation is 1. The maximum absolute atomic E-state index is 12.0. The molecule has 0 bridgehead atoms. The van der Waals surface area contributed by atoms with Crippen molar-refractivity contribution >= 4 is 45.9 Å².